The zero-order valence-electron chi connectivity index (χ0n) is 12.0. The molecule has 1 heterocycles. The van der Waals surface area contributed by atoms with Crippen LogP contribution < -0.4 is 14.9 Å². The second-order valence-corrected chi connectivity index (χ2v) is 6.52. The number of hydrogen-bond acceptors (Lipinski definition) is 5. The molecular weight excluding hydrogens is 380 g/mol. The van der Waals surface area contributed by atoms with Crippen LogP contribution in [0.25, 0.3) is 0 Å². The number of halogens is 1. The molecule has 118 valence electrons. The van der Waals surface area contributed by atoms with E-state index in [0.29, 0.717) is 17.3 Å². The van der Waals surface area contributed by atoms with Crippen LogP contribution in [0.2, 0.25) is 0 Å². The molecule has 0 spiro atoms. The first-order valence-electron chi connectivity index (χ1n) is 6.81. The van der Waals surface area contributed by atoms with Crippen molar-refractivity contribution < 1.29 is 14.3 Å². The van der Waals surface area contributed by atoms with Gasteiger partial charge in [0.15, 0.2) is 11.5 Å². The van der Waals surface area contributed by atoms with Crippen LogP contribution in [0, 0.1) is 0 Å². The molecular formula is C16H13BrN2O3S. The van der Waals surface area contributed by atoms with Crippen LogP contribution in [0.15, 0.2) is 56.9 Å². The molecule has 0 saturated heterocycles. The van der Waals surface area contributed by atoms with Crippen molar-refractivity contribution in [2.75, 3.05) is 12.5 Å². The highest BCUT2D eigenvalue weighted by molar-refractivity contribution is 9.10. The van der Waals surface area contributed by atoms with Gasteiger partial charge >= 0.3 is 0 Å². The number of amides is 1. The van der Waals surface area contributed by atoms with Gasteiger partial charge in [-0.25, -0.2) is 5.43 Å². The van der Waals surface area contributed by atoms with Gasteiger partial charge < -0.3 is 9.47 Å². The summed E-state index contributed by atoms with van der Waals surface area (Å²) in [6, 6.07) is 13.4. The van der Waals surface area contributed by atoms with Gasteiger partial charge in [0.2, 0.25) is 12.7 Å². The topological polar surface area (TPSA) is 59.9 Å². The van der Waals surface area contributed by atoms with Crippen molar-refractivity contribution in [2.45, 2.75) is 4.90 Å². The fraction of sp³-hybridized carbons (Fsp3) is 0.125. The Morgan fingerprint density at radius 2 is 2.00 bits per heavy atom. The number of carbonyl (C=O) groups is 1. The molecule has 1 aliphatic rings. The molecule has 1 amide bonds. The summed E-state index contributed by atoms with van der Waals surface area (Å²) in [6.07, 6.45) is 1.57. The van der Waals surface area contributed by atoms with E-state index in [1.54, 1.807) is 12.3 Å². The van der Waals surface area contributed by atoms with E-state index < -0.39 is 0 Å². The summed E-state index contributed by atoms with van der Waals surface area (Å²) in [6.45, 7) is 0.218. The number of carbonyl (C=O) groups excluding carboxylic acids is 1. The number of thioether (sulfide) groups is 1. The first-order chi connectivity index (χ1) is 11.2. The smallest absolute Gasteiger partial charge is 0.250 e. The highest BCUT2D eigenvalue weighted by atomic mass is 79.9. The minimum Gasteiger partial charge on any atom is -0.454 e. The zero-order chi connectivity index (χ0) is 16.1. The highest BCUT2D eigenvalue weighted by Crippen LogP contribution is 2.36. The van der Waals surface area contributed by atoms with Crippen LogP contribution in [0.3, 0.4) is 0 Å². The third-order valence-corrected chi connectivity index (χ3v) is 4.70. The third-order valence-electron chi connectivity index (χ3n) is 3.00. The van der Waals surface area contributed by atoms with Crippen LogP contribution in [0.4, 0.5) is 0 Å². The molecule has 0 atom stereocenters. The molecule has 2 aromatic rings. The number of ether oxygens (including phenoxy) is 2. The fourth-order valence-corrected chi connectivity index (χ4v) is 3.04. The third kappa shape index (κ3) is 4.27. The average Bonchev–Trinajstić information content (AvgIpc) is 3.01. The minimum absolute atomic E-state index is 0.160. The molecule has 1 aliphatic heterocycles. The van der Waals surface area contributed by atoms with Crippen molar-refractivity contribution in [3.8, 4) is 11.5 Å². The number of hydrogen-bond donors (Lipinski definition) is 1. The van der Waals surface area contributed by atoms with Crippen molar-refractivity contribution in [3.05, 3.63) is 52.5 Å². The Hall–Kier alpha value is -1.99. The van der Waals surface area contributed by atoms with E-state index in [0.717, 1.165) is 14.9 Å². The summed E-state index contributed by atoms with van der Waals surface area (Å²) in [5.74, 6) is 1.51. The summed E-state index contributed by atoms with van der Waals surface area (Å²) in [7, 11) is 0. The molecule has 0 aliphatic carbocycles. The first-order valence-corrected chi connectivity index (χ1v) is 8.59. The van der Waals surface area contributed by atoms with Crippen LogP contribution in [-0.2, 0) is 4.79 Å². The predicted octanol–water partition coefficient (Wildman–Crippen LogP) is 3.42. The Morgan fingerprint density at radius 1 is 1.26 bits per heavy atom. The van der Waals surface area contributed by atoms with Crippen molar-refractivity contribution >= 4 is 39.8 Å². The zero-order valence-corrected chi connectivity index (χ0v) is 14.4. The lowest BCUT2D eigenvalue weighted by Gasteiger charge is -2.02. The first kappa shape index (κ1) is 15.9. The molecule has 0 bridgehead atoms. The minimum atomic E-state index is -0.160. The normalized spacial score (nSPS) is 12.6. The van der Waals surface area contributed by atoms with Gasteiger partial charge in [0.05, 0.1) is 12.0 Å². The van der Waals surface area contributed by atoms with Gasteiger partial charge in [0, 0.05) is 14.9 Å². The molecule has 0 aromatic heterocycles. The van der Waals surface area contributed by atoms with Gasteiger partial charge in [-0.3, -0.25) is 4.79 Å². The van der Waals surface area contributed by atoms with Gasteiger partial charge in [0.1, 0.15) is 0 Å². The average molecular weight is 393 g/mol. The van der Waals surface area contributed by atoms with Crippen LogP contribution >= 0.6 is 27.7 Å². The lowest BCUT2D eigenvalue weighted by molar-refractivity contribution is -0.118. The Labute approximate surface area is 146 Å². The SMILES string of the molecule is O=C(CSc1ccccc1)N/N=C/c1cc2c(cc1Br)OCO2. The van der Waals surface area contributed by atoms with Crippen molar-refractivity contribution in [2.24, 2.45) is 5.10 Å². The molecule has 23 heavy (non-hydrogen) atoms. The van der Waals surface area contributed by atoms with Crippen molar-refractivity contribution in [1.29, 1.82) is 0 Å². The van der Waals surface area contributed by atoms with Crippen molar-refractivity contribution in [3.63, 3.8) is 0 Å². The molecule has 5 nitrogen and oxygen atoms in total. The quantitative estimate of drug-likeness (QED) is 0.481. The summed E-state index contributed by atoms with van der Waals surface area (Å²) >= 11 is 4.90. The molecule has 1 N–H and O–H groups in total. The van der Waals surface area contributed by atoms with E-state index in [4.69, 9.17) is 9.47 Å². The number of benzene rings is 2. The standard InChI is InChI=1S/C16H13BrN2O3S/c17-13-7-15-14(21-10-22-15)6-11(13)8-18-19-16(20)9-23-12-4-2-1-3-5-12/h1-8H,9-10H2,(H,19,20)/b18-8+. The predicted molar refractivity (Wildman–Crippen MR) is 93.2 cm³/mol. The van der Waals surface area contributed by atoms with E-state index in [1.807, 2.05) is 36.4 Å². The summed E-state index contributed by atoms with van der Waals surface area (Å²) in [4.78, 5) is 12.8. The Kier molecular flexibility index (Phi) is 5.19. The van der Waals surface area contributed by atoms with Crippen LogP contribution in [0.5, 0.6) is 11.5 Å². The van der Waals surface area contributed by atoms with E-state index in [2.05, 4.69) is 26.5 Å². The Morgan fingerprint density at radius 3 is 2.78 bits per heavy atom. The second kappa shape index (κ2) is 7.52. The molecule has 0 saturated carbocycles. The highest BCUT2D eigenvalue weighted by Gasteiger charge is 2.15. The summed E-state index contributed by atoms with van der Waals surface area (Å²) < 4.78 is 11.4. The van der Waals surface area contributed by atoms with Gasteiger partial charge in [0.25, 0.3) is 0 Å². The van der Waals surface area contributed by atoms with Gasteiger partial charge in [-0.2, -0.15) is 5.10 Å². The monoisotopic (exact) mass is 392 g/mol. The molecule has 3 rings (SSSR count). The van der Waals surface area contributed by atoms with Crippen LogP contribution in [-0.4, -0.2) is 24.7 Å². The maximum absolute atomic E-state index is 11.8. The Bertz CT molecular complexity index is 738. The molecule has 7 heteroatoms. The largest absolute Gasteiger partial charge is 0.454 e. The van der Waals surface area contributed by atoms with Gasteiger partial charge in [-0.15, -0.1) is 11.8 Å². The lowest BCUT2D eigenvalue weighted by Crippen LogP contribution is -2.19. The number of hydrazone groups is 1. The number of rotatable bonds is 5. The fourth-order valence-electron chi connectivity index (χ4n) is 1.90. The summed E-state index contributed by atoms with van der Waals surface area (Å²) in [5.41, 5.74) is 3.31. The maximum atomic E-state index is 11.8. The number of fused-ring (bicyclic) bond motifs is 1. The van der Waals surface area contributed by atoms with Gasteiger partial charge in [-0.1, -0.05) is 18.2 Å². The Balaban J connectivity index is 1.53. The molecule has 0 radical (unpaired) electrons. The lowest BCUT2D eigenvalue weighted by atomic mass is 10.2. The van der Waals surface area contributed by atoms with Gasteiger partial charge in [-0.05, 0) is 40.2 Å². The van der Waals surface area contributed by atoms with E-state index >= 15 is 0 Å². The number of nitrogens with one attached hydrogen (secondary N) is 1. The molecule has 2 aromatic carbocycles. The van der Waals surface area contributed by atoms with E-state index in [9.17, 15) is 4.79 Å². The van der Waals surface area contributed by atoms with E-state index in [-0.39, 0.29) is 12.7 Å². The number of nitrogens with zero attached hydrogens (tertiary/aromatic N) is 1. The van der Waals surface area contributed by atoms with Crippen molar-refractivity contribution in [1.82, 2.24) is 5.43 Å². The van der Waals surface area contributed by atoms with Crippen LogP contribution in [0.1, 0.15) is 5.56 Å². The molecule has 0 unspecified atom stereocenters. The summed E-state index contributed by atoms with van der Waals surface area (Å²) in [5, 5.41) is 3.98. The molecule has 0 fully saturated rings. The van der Waals surface area contributed by atoms with E-state index in [1.165, 1.54) is 11.8 Å². The second-order valence-electron chi connectivity index (χ2n) is 4.62. The maximum Gasteiger partial charge on any atom is 0.250 e.